The Bertz CT molecular complexity index is 1150. The Morgan fingerprint density at radius 1 is 1.12 bits per heavy atom. The molecular weight excluding hydrogens is 396 g/mol. The fraction of sp³-hybridized carbons (Fsp3) is 0.321. The van der Waals surface area contributed by atoms with Crippen molar-refractivity contribution in [3.63, 3.8) is 0 Å². The Labute approximate surface area is 189 Å². The van der Waals surface area contributed by atoms with Crippen molar-refractivity contribution in [2.24, 2.45) is 17.6 Å². The highest BCUT2D eigenvalue weighted by atomic mass is 16.3. The summed E-state index contributed by atoms with van der Waals surface area (Å²) < 4.78 is 5.46. The molecule has 1 fully saturated rings. The van der Waals surface area contributed by atoms with Crippen LogP contribution in [-0.2, 0) is 16.6 Å². The number of rotatable bonds is 7. The van der Waals surface area contributed by atoms with E-state index in [1.165, 1.54) is 5.56 Å². The molecule has 1 aromatic heterocycles. The van der Waals surface area contributed by atoms with Gasteiger partial charge in [-0.3, -0.25) is 4.79 Å². The second kappa shape index (κ2) is 8.79. The number of primary amides is 1. The van der Waals surface area contributed by atoms with Crippen LogP contribution >= 0.6 is 0 Å². The molecule has 2 heterocycles. The van der Waals surface area contributed by atoms with Crippen molar-refractivity contribution in [3.8, 4) is 0 Å². The van der Waals surface area contributed by atoms with Crippen LogP contribution in [0.4, 0.5) is 0 Å². The summed E-state index contributed by atoms with van der Waals surface area (Å²) in [5, 5.41) is 1.15. The third kappa shape index (κ3) is 3.69. The number of nitrogens with zero attached hydrogens (tertiary/aromatic N) is 1. The first-order valence-corrected chi connectivity index (χ1v) is 11.5. The normalized spacial score (nSPS) is 22.9. The lowest BCUT2D eigenvalue weighted by Gasteiger charge is -2.42. The quantitative estimate of drug-likeness (QED) is 0.587. The van der Waals surface area contributed by atoms with Crippen molar-refractivity contribution in [1.82, 2.24) is 4.90 Å². The standard InChI is InChI=1S/C28H30N2O2/c29-27(31)28(23-7-3-1-4-8-23,24-9-5-2-6-10-24)25-14-17-30(20-25)16-13-21-11-12-26-22(19-21)15-18-32-26/h1-9,11-12,15,18-19,24-25H,10,13-14,16-17,20H2,(H2,29,31)/t24?,25?,28-/m1/s1. The van der Waals surface area contributed by atoms with Crippen molar-refractivity contribution in [3.05, 3.63) is 96.3 Å². The number of carbonyl (C=O) groups excluding carboxylic acids is 1. The van der Waals surface area contributed by atoms with Crippen LogP contribution in [0, 0.1) is 11.8 Å². The smallest absolute Gasteiger partial charge is 0.229 e. The fourth-order valence-corrected chi connectivity index (χ4v) is 5.78. The fourth-order valence-electron chi connectivity index (χ4n) is 5.78. The number of fused-ring (bicyclic) bond motifs is 1. The molecule has 0 spiro atoms. The lowest BCUT2D eigenvalue weighted by atomic mass is 9.60. The van der Waals surface area contributed by atoms with Gasteiger partial charge in [0.15, 0.2) is 0 Å². The molecule has 1 aliphatic carbocycles. The summed E-state index contributed by atoms with van der Waals surface area (Å²) in [4.78, 5) is 15.7. The SMILES string of the molecule is NC(=O)[C@](c1ccccc1)(C1C=CC=CC1)C1CCN(CCc2ccc3occc3c2)C1. The maximum atomic E-state index is 13.2. The van der Waals surface area contributed by atoms with Crippen molar-refractivity contribution in [2.45, 2.75) is 24.7 Å². The molecule has 1 saturated heterocycles. The summed E-state index contributed by atoms with van der Waals surface area (Å²) in [5.41, 5.74) is 8.85. The third-order valence-electron chi connectivity index (χ3n) is 7.37. The van der Waals surface area contributed by atoms with Gasteiger partial charge in [-0.25, -0.2) is 0 Å². The molecule has 164 valence electrons. The van der Waals surface area contributed by atoms with Crippen LogP contribution in [0.25, 0.3) is 11.0 Å². The summed E-state index contributed by atoms with van der Waals surface area (Å²) in [6, 6.07) is 18.6. The summed E-state index contributed by atoms with van der Waals surface area (Å²) >= 11 is 0. The molecule has 2 aliphatic rings. The van der Waals surface area contributed by atoms with Crippen LogP contribution in [0.5, 0.6) is 0 Å². The van der Waals surface area contributed by atoms with Crippen LogP contribution in [-0.4, -0.2) is 30.4 Å². The molecule has 0 radical (unpaired) electrons. The van der Waals surface area contributed by atoms with Gasteiger partial charge in [-0.2, -0.15) is 0 Å². The van der Waals surface area contributed by atoms with Crippen molar-refractivity contribution in [2.75, 3.05) is 19.6 Å². The molecule has 3 atom stereocenters. The molecule has 2 aromatic carbocycles. The number of allylic oxidation sites excluding steroid dienone is 4. The molecular formula is C28H30N2O2. The Kier molecular flexibility index (Phi) is 5.71. The molecule has 1 aliphatic heterocycles. The average Bonchev–Trinajstić information content (AvgIpc) is 3.49. The number of benzene rings is 2. The zero-order valence-corrected chi connectivity index (χ0v) is 18.3. The van der Waals surface area contributed by atoms with Crippen LogP contribution in [0.3, 0.4) is 0 Å². The number of amides is 1. The first-order valence-electron chi connectivity index (χ1n) is 11.5. The van der Waals surface area contributed by atoms with Gasteiger partial charge in [0.2, 0.25) is 5.91 Å². The van der Waals surface area contributed by atoms with Gasteiger partial charge in [0.1, 0.15) is 5.58 Å². The van der Waals surface area contributed by atoms with Crippen LogP contribution in [0.2, 0.25) is 0 Å². The second-order valence-corrected chi connectivity index (χ2v) is 9.08. The molecule has 4 nitrogen and oxygen atoms in total. The molecule has 5 rings (SSSR count). The van der Waals surface area contributed by atoms with E-state index in [-0.39, 0.29) is 17.7 Å². The minimum absolute atomic E-state index is 0.0841. The van der Waals surface area contributed by atoms with E-state index >= 15 is 0 Å². The maximum Gasteiger partial charge on any atom is 0.229 e. The topological polar surface area (TPSA) is 59.5 Å². The lowest BCUT2D eigenvalue weighted by molar-refractivity contribution is -0.127. The van der Waals surface area contributed by atoms with E-state index in [1.54, 1.807) is 6.26 Å². The van der Waals surface area contributed by atoms with Crippen molar-refractivity contribution < 1.29 is 9.21 Å². The summed E-state index contributed by atoms with van der Waals surface area (Å²) in [5.74, 6) is 0.0756. The maximum absolute atomic E-state index is 13.2. The van der Waals surface area contributed by atoms with E-state index in [1.807, 2.05) is 30.3 Å². The van der Waals surface area contributed by atoms with Crippen molar-refractivity contribution >= 4 is 16.9 Å². The first-order chi connectivity index (χ1) is 15.7. The van der Waals surface area contributed by atoms with Gasteiger partial charge >= 0.3 is 0 Å². The highest BCUT2D eigenvalue weighted by Gasteiger charge is 2.52. The highest BCUT2D eigenvalue weighted by Crippen LogP contribution is 2.46. The number of nitrogens with two attached hydrogens (primary N) is 1. The molecule has 2 unspecified atom stereocenters. The predicted octanol–water partition coefficient (Wildman–Crippen LogP) is 4.85. The van der Waals surface area contributed by atoms with Gasteiger partial charge < -0.3 is 15.1 Å². The predicted molar refractivity (Wildman–Crippen MR) is 128 cm³/mol. The first kappa shape index (κ1) is 20.8. The number of carbonyl (C=O) groups is 1. The minimum atomic E-state index is -0.688. The van der Waals surface area contributed by atoms with Crippen molar-refractivity contribution in [1.29, 1.82) is 0 Å². The van der Waals surface area contributed by atoms with E-state index in [4.69, 9.17) is 10.2 Å². The number of likely N-dealkylation sites (tertiary alicyclic amines) is 1. The zero-order chi connectivity index (χ0) is 22.0. The van der Waals surface area contributed by atoms with Crippen LogP contribution in [0.1, 0.15) is 24.0 Å². The monoisotopic (exact) mass is 426 g/mol. The number of hydrogen-bond donors (Lipinski definition) is 1. The minimum Gasteiger partial charge on any atom is -0.464 e. The Morgan fingerprint density at radius 3 is 2.78 bits per heavy atom. The molecule has 3 aromatic rings. The molecule has 2 N–H and O–H groups in total. The van der Waals surface area contributed by atoms with Gasteiger partial charge in [0.25, 0.3) is 0 Å². The van der Waals surface area contributed by atoms with E-state index in [9.17, 15) is 4.79 Å². The van der Waals surface area contributed by atoms with Crippen LogP contribution in [0.15, 0.2) is 89.6 Å². The lowest BCUT2D eigenvalue weighted by Crippen LogP contribution is -2.53. The number of hydrogen-bond acceptors (Lipinski definition) is 3. The van der Waals surface area contributed by atoms with Gasteiger partial charge in [-0.05, 0) is 67.0 Å². The Balaban J connectivity index is 1.37. The van der Waals surface area contributed by atoms with E-state index in [0.29, 0.717) is 0 Å². The summed E-state index contributed by atoms with van der Waals surface area (Å²) in [7, 11) is 0. The highest BCUT2D eigenvalue weighted by molar-refractivity contribution is 5.88. The number of furan rings is 1. The van der Waals surface area contributed by atoms with E-state index in [0.717, 1.165) is 55.4 Å². The Hall–Kier alpha value is -3.11. The Morgan fingerprint density at radius 2 is 2.00 bits per heavy atom. The summed E-state index contributed by atoms with van der Waals surface area (Å²) in [6.45, 7) is 2.86. The molecule has 1 amide bonds. The third-order valence-corrected chi connectivity index (χ3v) is 7.37. The molecule has 4 heteroatoms. The van der Waals surface area contributed by atoms with Gasteiger partial charge in [-0.1, -0.05) is 60.7 Å². The van der Waals surface area contributed by atoms with Gasteiger partial charge in [0, 0.05) is 18.5 Å². The zero-order valence-electron chi connectivity index (χ0n) is 18.3. The van der Waals surface area contributed by atoms with Gasteiger partial charge in [0.05, 0.1) is 11.7 Å². The van der Waals surface area contributed by atoms with Crippen LogP contribution < -0.4 is 5.73 Å². The summed E-state index contributed by atoms with van der Waals surface area (Å²) in [6.07, 6.45) is 13.0. The average molecular weight is 427 g/mol. The van der Waals surface area contributed by atoms with E-state index < -0.39 is 5.41 Å². The molecule has 0 bridgehead atoms. The second-order valence-electron chi connectivity index (χ2n) is 9.08. The largest absolute Gasteiger partial charge is 0.464 e. The van der Waals surface area contributed by atoms with E-state index in [2.05, 4.69) is 53.5 Å². The molecule has 0 saturated carbocycles. The van der Waals surface area contributed by atoms with Gasteiger partial charge in [-0.15, -0.1) is 0 Å². The molecule has 32 heavy (non-hydrogen) atoms.